The van der Waals surface area contributed by atoms with Crippen molar-refractivity contribution in [1.82, 2.24) is 9.97 Å². The van der Waals surface area contributed by atoms with Gasteiger partial charge < -0.3 is 5.73 Å². The summed E-state index contributed by atoms with van der Waals surface area (Å²) in [4.78, 5) is 9.37. The number of anilines is 1. The van der Waals surface area contributed by atoms with Crippen molar-refractivity contribution in [3.8, 4) is 11.3 Å². The number of rotatable bonds is 2. The van der Waals surface area contributed by atoms with E-state index in [1.807, 2.05) is 18.2 Å². The number of hydrogen-bond donors (Lipinski definition) is 1. The molecule has 0 aliphatic heterocycles. The van der Waals surface area contributed by atoms with E-state index in [9.17, 15) is 0 Å². The first kappa shape index (κ1) is 14.5. The SMILES string of the molecule is Nc1nc(C2CCCCCC2)nc(-c2ccccc2)c1Br. The molecule has 0 atom stereocenters. The van der Waals surface area contributed by atoms with Crippen LogP contribution in [0.25, 0.3) is 11.3 Å². The van der Waals surface area contributed by atoms with Gasteiger partial charge in [0.2, 0.25) is 0 Å². The number of nitrogens with two attached hydrogens (primary N) is 1. The molecule has 1 aromatic heterocycles. The molecule has 4 heteroatoms. The van der Waals surface area contributed by atoms with Gasteiger partial charge in [-0.15, -0.1) is 0 Å². The number of halogens is 1. The second-order valence-corrected chi connectivity index (χ2v) is 6.48. The molecule has 0 amide bonds. The Labute approximate surface area is 134 Å². The largest absolute Gasteiger partial charge is 0.383 e. The van der Waals surface area contributed by atoms with E-state index in [1.54, 1.807) is 0 Å². The maximum atomic E-state index is 6.11. The van der Waals surface area contributed by atoms with Gasteiger partial charge in [0.1, 0.15) is 11.6 Å². The Kier molecular flexibility index (Phi) is 4.54. The van der Waals surface area contributed by atoms with Crippen molar-refractivity contribution in [3.63, 3.8) is 0 Å². The first-order chi connectivity index (χ1) is 10.3. The van der Waals surface area contributed by atoms with Crippen LogP contribution in [-0.4, -0.2) is 9.97 Å². The summed E-state index contributed by atoms with van der Waals surface area (Å²) >= 11 is 3.54. The molecule has 0 spiro atoms. The van der Waals surface area contributed by atoms with Crippen LogP contribution in [0.15, 0.2) is 34.8 Å². The van der Waals surface area contributed by atoms with E-state index in [1.165, 1.54) is 38.5 Å². The highest BCUT2D eigenvalue weighted by Gasteiger charge is 2.20. The van der Waals surface area contributed by atoms with E-state index in [2.05, 4.69) is 33.0 Å². The van der Waals surface area contributed by atoms with Gasteiger partial charge in [0, 0.05) is 11.5 Å². The summed E-state index contributed by atoms with van der Waals surface area (Å²) in [7, 11) is 0. The quantitative estimate of drug-likeness (QED) is 0.785. The molecule has 2 N–H and O–H groups in total. The summed E-state index contributed by atoms with van der Waals surface area (Å²) in [5.74, 6) is 1.91. The lowest BCUT2D eigenvalue weighted by Crippen LogP contribution is -2.08. The van der Waals surface area contributed by atoms with Crippen LogP contribution in [0.1, 0.15) is 50.3 Å². The van der Waals surface area contributed by atoms with Crippen molar-refractivity contribution in [3.05, 3.63) is 40.6 Å². The molecule has 1 aromatic carbocycles. The Morgan fingerprint density at radius 1 is 0.952 bits per heavy atom. The summed E-state index contributed by atoms with van der Waals surface area (Å²) in [6.45, 7) is 0. The van der Waals surface area contributed by atoms with Gasteiger partial charge in [-0.05, 0) is 28.8 Å². The second-order valence-electron chi connectivity index (χ2n) is 5.68. The predicted molar refractivity (Wildman–Crippen MR) is 90.0 cm³/mol. The number of nitrogens with zero attached hydrogens (tertiary/aromatic N) is 2. The predicted octanol–water partition coefficient (Wildman–Crippen LogP) is 4.93. The third kappa shape index (κ3) is 3.26. The summed E-state index contributed by atoms with van der Waals surface area (Å²) in [5.41, 5.74) is 8.09. The van der Waals surface area contributed by atoms with Crippen LogP contribution in [0.3, 0.4) is 0 Å². The van der Waals surface area contributed by atoms with E-state index >= 15 is 0 Å². The fraction of sp³-hybridized carbons (Fsp3) is 0.412. The summed E-state index contributed by atoms with van der Waals surface area (Å²) in [6, 6.07) is 10.2. The average Bonchev–Trinajstić information content (AvgIpc) is 2.80. The van der Waals surface area contributed by atoms with E-state index in [-0.39, 0.29) is 0 Å². The molecule has 3 nitrogen and oxygen atoms in total. The fourth-order valence-corrected chi connectivity index (χ4v) is 3.40. The lowest BCUT2D eigenvalue weighted by atomic mass is 9.99. The van der Waals surface area contributed by atoms with Gasteiger partial charge in [0.05, 0.1) is 10.2 Å². The van der Waals surface area contributed by atoms with Gasteiger partial charge >= 0.3 is 0 Å². The van der Waals surface area contributed by atoms with E-state index in [4.69, 9.17) is 10.7 Å². The highest BCUT2D eigenvalue weighted by Crippen LogP contribution is 2.35. The maximum Gasteiger partial charge on any atom is 0.142 e. The van der Waals surface area contributed by atoms with Crippen LogP contribution in [0.2, 0.25) is 0 Å². The molecule has 3 rings (SSSR count). The van der Waals surface area contributed by atoms with Gasteiger partial charge in [0.25, 0.3) is 0 Å². The van der Waals surface area contributed by atoms with Crippen LogP contribution < -0.4 is 5.73 Å². The van der Waals surface area contributed by atoms with Gasteiger partial charge in [-0.3, -0.25) is 0 Å². The average molecular weight is 346 g/mol. The molecule has 1 aliphatic carbocycles. The molecule has 1 aliphatic rings. The molecule has 1 heterocycles. The topological polar surface area (TPSA) is 51.8 Å². The van der Waals surface area contributed by atoms with E-state index < -0.39 is 0 Å². The molecule has 0 radical (unpaired) electrons. The minimum atomic E-state index is 0.449. The second kappa shape index (κ2) is 6.56. The van der Waals surface area contributed by atoms with Crippen LogP contribution >= 0.6 is 15.9 Å². The summed E-state index contributed by atoms with van der Waals surface area (Å²) < 4.78 is 0.797. The minimum absolute atomic E-state index is 0.449. The molecular formula is C17H20BrN3. The van der Waals surface area contributed by atoms with Crippen molar-refractivity contribution < 1.29 is 0 Å². The molecule has 110 valence electrons. The fourth-order valence-electron chi connectivity index (χ4n) is 2.99. The molecule has 21 heavy (non-hydrogen) atoms. The maximum absolute atomic E-state index is 6.11. The third-order valence-corrected chi connectivity index (χ3v) is 4.94. The zero-order chi connectivity index (χ0) is 14.7. The highest BCUT2D eigenvalue weighted by molar-refractivity contribution is 9.10. The summed E-state index contributed by atoms with van der Waals surface area (Å²) in [5, 5.41) is 0. The Bertz CT molecular complexity index is 605. The van der Waals surface area contributed by atoms with Crippen LogP contribution in [-0.2, 0) is 0 Å². The van der Waals surface area contributed by atoms with Crippen molar-refractivity contribution in [2.45, 2.75) is 44.4 Å². The Morgan fingerprint density at radius 3 is 2.29 bits per heavy atom. The molecule has 2 aromatic rings. The summed E-state index contributed by atoms with van der Waals surface area (Å²) in [6.07, 6.45) is 7.54. The van der Waals surface area contributed by atoms with Gasteiger partial charge in [-0.1, -0.05) is 56.0 Å². The molecule has 1 fully saturated rings. The standard InChI is InChI=1S/C17H20BrN3/c18-14-15(12-8-6-3-7-9-12)20-17(21-16(14)19)13-10-4-1-2-5-11-13/h3,6-9,13H,1-2,4-5,10-11H2,(H2,19,20,21). The lowest BCUT2D eigenvalue weighted by molar-refractivity contribution is 0.561. The number of aromatic nitrogens is 2. The van der Waals surface area contributed by atoms with E-state index in [0.29, 0.717) is 11.7 Å². The van der Waals surface area contributed by atoms with Crippen molar-refractivity contribution in [1.29, 1.82) is 0 Å². The first-order valence-electron chi connectivity index (χ1n) is 7.64. The van der Waals surface area contributed by atoms with Crippen molar-refractivity contribution >= 4 is 21.7 Å². The number of hydrogen-bond acceptors (Lipinski definition) is 3. The monoisotopic (exact) mass is 345 g/mol. The Balaban J connectivity index is 2.01. The third-order valence-electron chi connectivity index (χ3n) is 4.16. The van der Waals surface area contributed by atoms with Gasteiger partial charge in [-0.25, -0.2) is 9.97 Å². The zero-order valence-electron chi connectivity index (χ0n) is 12.1. The van der Waals surface area contributed by atoms with Crippen LogP contribution in [0.4, 0.5) is 5.82 Å². The highest BCUT2D eigenvalue weighted by atomic mass is 79.9. The van der Waals surface area contributed by atoms with Crippen molar-refractivity contribution in [2.24, 2.45) is 0 Å². The van der Waals surface area contributed by atoms with Gasteiger partial charge in [0.15, 0.2) is 0 Å². The minimum Gasteiger partial charge on any atom is -0.383 e. The van der Waals surface area contributed by atoms with Crippen LogP contribution in [0.5, 0.6) is 0 Å². The van der Waals surface area contributed by atoms with Gasteiger partial charge in [-0.2, -0.15) is 0 Å². The molecular weight excluding hydrogens is 326 g/mol. The normalized spacial score (nSPS) is 16.6. The molecule has 0 unspecified atom stereocenters. The van der Waals surface area contributed by atoms with E-state index in [0.717, 1.165) is 21.6 Å². The lowest BCUT2D eigenvalue weighted by Gasteiger charge is -2.15. The molecule has 0 saturated heterocycles. The number of benzene rings is 1. The molecule has 0 bridgehead atoms. The number of nitrogen functional groups attached to an aromatic ring is 1. The smallest absolute Gasteiger partial charge is 0.142 e. The van der Waals surface area contributed by atoms with Crippen molar-refractivity contribution in [2.75, 3.05) is 5.73 Å². The van der Waals surface area contributed by atoms with Crippen LogP contribution in [0, 0.1) is 0 Å². The Hall–Kier alpha value is -1.42. The molecule has 1 saturated carbocycles. The Morgan fingerprint density at radius 2 is 1.62 bits per heavy atom. The zero-order valence-corrected chi connectivity index (χ0v) is 13.6. The first-order valence-corrected chi connectivity index (χ1v) is 8.43.